The molecule has 0 aromatic heterocycles. The quantitative estimate of drug-likeness (QED) is 0.269. The zero-order chi connectivity index (χ0) is 23.5. The van der Waals surface area contributed by atoms with Crippen LogP contribution in [0, 0.1) is 0 Å². The highest BCUT2D eigenvalue weighted by Gasteiger charge is 2.34. The lowest BCUT2D eigenvalue weighted by atomic mass is 10.1. The summed E-state index contributed by atoms with van der Waals surface area (Å²) < 4.78 is 5.93. The smallest absolute Gasteiger partial charge is 0.293 e. The molecule has 0 atom stereocenters. The topological polar surface area (TPSA) is 46.6 Å². The Hall–Kier alpha value is -3.54. The van der Waals surface area contributed by atoms with Crippen molar-refractivity contribution in [2.24, 2.45) is 0 Å². The number of fused-ring (bicyclic) bond motifs is 1. The molecule has 1 aliphatic rings. The molecular formula is C28H20ClNO3S. The first-order chi connectivity index (χ1) is 16.5. The Bertz CT molecular complexity index is 1400. The zero-order valence-corrected chi connectivity index (χ0v) is 19.7. The molecular weight excluding hydrogens is 466 g/mol. The summed E-state index contributed by atoms with van der Waals surface area (Å²) in [6.07, 6.45) is 1.74. The molecule has 0 N–H and O–H groups in total. The number of ether oxygens (including phenoxy) is 1. The highest BCUT2D eigenvalue weighted by Crippen LogP contribution is 2.33. The molecule has 1 heterocycles. The second-order valence-electron chi connectivity index (χ2n) is 7.93. The van der Waals surface area contributed by atoms with Gasteiger partial charge in [0.1, 0.15) is 12.4 Å². The molecule has 0 spiro atoms. The largest absolute Gasteiger partial charge is 0.489 e. The van der Waals surface area contributed by atoms with E-state index in [1.54, 1.807) is 18.2 Å². The maximum Gasteiger partial charge on any atom is 0.293 e. The number of rotatable bonds is 6. The average molecular weight is 486 g/mol. The number of hydrogen-bond acceptors (Lipinski definition) is 4. The van der Waals surface area contributed by atoms with E-state index in [0.717, 1.165) is 34.2 Å². The van der Waals surface area contributed by atoms with Crippen molar-refractivity contribution in [1.82, 2.24) is 4.90 Å². The molecule has 4 aromatic rings. The van der Waals surface area contributed by atoms with Crippen LogP contribution in [0.25, 0.3) is 16.8 Å². The summed E-state index contributed by atoms with van der Waals surface area (Å²) in [4.78, 5) is 26.8. The molecule has 4 aromatic carbocycles. The van der Waals surface area contributed by atoms with Crippen LogP contribution in [0.5, 0.6) is 5.75 Å². The lowest BCUT2D eigenvalue weighted by molar-refractivity contribution is -0.123. The number of halogens is 1. The van der Waals surface area contributed by atoms with E-state index in [2.05, 4.69) is 30.3 Å². The molecule has 0 radical (unpaired) electrons. The van der Waals surface area contributed by atoms with E-state index in [4.69, 9.17) is 16.3 Å². The summed E-state index contributed by atoms with van der Waals surface area (Å²) >= 11 is 6.87. The molecule has 1 fully saturated rings. The van der Waals surface area contributed by atoms with Gasteiger partial charge in [-0.2, -0.15) is 0 Å². The molecule has 1 aliphatic heterocycles. The monoisotopic (exact) mass is 485 g/mol. The maximum absolute atomic E-state index is 12.8. The molecule has 0 saturated carbocycles. The second kappa shape index (κ2) is 9.75. The van der Waals surface area contributed by atoms with Crippen molar-refractivity contribution in [3.63, 3.8) is 0 Å². The summed E-state index contributed by atoms with van der Waals surface area (Å²) in [7, 11) is 0. The van der Waals surface area contributed by atoms with Gasteiger partial charge in [-0.15, -0.1) is 0 Å². The van der Waals surface area contributed by atoms with Crippen LogP contribution in [0.2, 0.25) is 5.02 Å². The summed E-state index contributed by atoms with van der Waals surface area (Å²) in [5, 5.41) is 2.72. The molecule has 0 aliphatic carbocycles. The molecule has 0 bridgehead atoms. The van der Waals surface area contributed by atoms with Gasteiger partial charge in [-0.3, -0.25) is 14.5 Å². The van der Waals surface area contributed by atoms with Gasteiger partial charge < -0.3 is 4.74 Å². The fourth-order valence-corrected chi connectivity index (χ4v) is 4.68. The standard InChI is InChI=1S/C28H20ClNO3S/c29-24-11-6-20(7-12-24)17-30-27(31)26(34-28(30)32)16-19-8-13-25(14-9-19)33-18-21-5-10-22-3-1-2-4-23(22)15-21/h1-16H,17-18H2/b26-16-. The number of imide groups is 1. The van der Waals surface area contributed by atoms with Crippen LogP contribution in [0.15, 0.2) is 95.9 Å². The average Bonchev–Trinajstić information content (AvgIpc) is 3.12. The van der Waals surface area contributed by atoms with Crippen LogP contribution < -0.4 is 4.74 Å². The third kappa shape index (κ3) is 5.01. The van der Waals surface area contributed by atoms with Crippen molar-refractivity contribution in [2.75, 3.05) is 0 Å². The molecule has 0 unspecified atom stereocenters. The Kier molecular flexibility index (Phi) is 6.39. The van der Waals surface area contributed by atoms with Crippen molar-refractivity contribution in [3.8, 4) is 5.75 Å². The number of hydrogen-bond donors (Lipinski definition) is 0. The van der Waals surface area contributed by atoms with E-state index < -0.39 is 0 Å². The summed E-state index contributed by atoms with van der Waals surface area (Å²) in [6.45, 7) is 0.689. The fourth-order valence-electron chi connectivity index (χ4n) is 3.72. The Morgan fingerprint density at radius 3 is 2.29 bits per heavy atom. The Balaban J connectivity index is 1.23. The first-order valence-corrected chi connectivity index (χ1v) is 11.9. The SMILES string of the molecule is O=C1S/C(=C\c2ccc(OCc3ccc4ccccc4c3)cc2)C(=O)N1Cc1ccc(Cl)cc1. The van der Waals surface area contributed by atoms with Gasteiger partial charge in [0, 0.05) is 5.02 Å². The van der Waals surface area contributed by atoms with Gasteiger partial charge >= 0.3 is 0 Å². The number of amides is 2. The number of nitrogens with zero attached hydrogens (tertiary/aromatic N) is 1. The van der Waals surface area contributed by atoms with Crippen LogP contribution in [0.3, 0.4) is 0 Å². The van der Waals surface area contributed by atoms with E-state index in [1.165, 1.54) is 15.7 Å². The summed E-state index contributed by atoms with van der Waals surface area (Å²) in [6, 6.07) is 29.1. The third-order valence-electron chi connectivity index (χ3n) is 5.52. The number of carbonyl (C=O) groups excluding carboxylic acids is 2. The minimum absolute atomic E-state index is 0.223. The van der Waals surface area contributed by atoms with Crippen molar-refractivity contribution in [1.29, 1.82) is 0 Å². The predicted octanol–water partition coefficient (Wildman–Crippen LogP) is 7.31. The highest BCUT2D eigenvalue weighted by molar-refractivity contribution is 8.18. The molecule has 5 rings (SSSR count). The maximum atomic E-state index is 12.8. The zero-order valence-electron chi connectivity index (χ0n) is 18.1. The lowest BCUT2D eigenvalue weighted by Crippen LogP contribution is -2.27. The Morgan fingerprint density at radius 2 is 1.53 bits per heavy atom. The van der Waals surface area contributed by atoms with Crippen molar-refractivity contribution >= 4 is 51.4 Å². The van der Waals surface area contributed by atoms with Crippen LogP contribution in [0.1, 0.15) is 16.7 Å². The molecule has 34 heavy (non-hydrogen) atoms. The Morgan fingerprint density at radius 1 is 0.824 bits per heavy atom. The highest BCUT2D eigenvalue weighted by atomic mass is 35.5. The van der Waals surface area contributed by atoms with Crippen LogP contribution in [-0.4, -0.2) is 16.0 Å². The van der Waals surface area contributed by atoms with Gasteiger partial charge in [-0.25, -0.2) is 0 Å². The van der Waals surface area contributed by atoms with Crippen molar-refractivity contribution in [2.45, 2.75) is 13.2 Å². The summed E-state index contributed by atoms with van der Waals surface area (Å²) in [5.41, 5.74) is 2.77. The van der Waals surface area contributed by atoms with Crippen LogP contribution in [-0.2, 0) is 17.9 Å². The van der Waals surface area contributed by atoms with Crippen LogP contribution >= 0.6 is 23.4 Å². The van der Waals surface area contributed by atoms with E-state index in [1.807, 2.05) is 48.5 Å². The molecule has 2 amide bonds. The van der Waals surface area contributed by atoms with E-state index >= 15 is 0 Å². The normalized spacial score (nSPS) is 14.9. The van der Waals surface area contributed by atoms with Gasteiger partial charge in [0.2, 0.25) is 0 Å². The number of benzene rings is 4. The van der Waals surface area contributed by atoms with E-state index in [9.17, 15) is 9.59 Å². The molecule has 1 saturated heterocycles. The lowest BCUT2D eigenvalue weighted by Gasteiger charge is -2.12. The van der Waals surface area contributed by atoms with Crippen molar-refractivity contribution < 1.29 is 14.3 Å². The van der Waals surface area contributed by atoms with Crippen molar-refractivity contribution in [3.05, 3.63) is 118 Å². The number of thioether (sulfide) groups is 1. The molecule has 4 nitrogen and oxygen atoms in total. The van der Waals surface area contributed by atoms with Gasteiger partial charge in [0.25, 0.3) is 11.1 Å². The number of carbonyl (C=O) groups is 2. The van der Waals surface area contributed by atoms with E-state index in [0.29, 0.717) is 16.5 Å². The molecule has 168 valence electrons. The second-order valence-corrected chi connectivity index (χ2v) is 9.36. The summed E-state index contributed by atoms with van der Waals surface area (Å²) in [5.74, 6) is 0.447. The third-order valence-corrected chi connectivity index (χ3v) is 6.68. The molecule has 6 heteroatoms. The van der Waals surface area contributed by atoms with Gasteiger partial charge in [-0.05, 0) is 75.6 Å². The Labute approximate surface area is 206 Å². The van der Waals surface area contributed by atoms with Gasteiger partial charge in [0.05, 0.1) is 11.4 Å². The first-order valence-electron chi connectivity index (χ1n) is 10.8. The van der Waals surface area contributed by atoms with E-state index in [-0.39, 0.29) is 17.7 Å². The minimum Gasteiger partial charge on any atom is -0.489 e. The van der Waals surface area contributed by atoms with Gasteiger partial charge in [0.15, 0.2) is 0 Å². The predicted molar refractivity (Wildman–Crippen MR) is 138 cm³/mol. The fraction of sp³-hybridized carbons (Fsp3) is 0.0714. The minimum atomic E-state index is -0.290. The van der Waals surface area contributed by atoms with Crippen LogP contribution in [0.4, 0.5) is 4.79 Å². The first kappa shape index (κ1) is 22.3. The van der Waals surface area contributed by atoms with Gasteiger partial charge in [-0.1, -0.05) is 72.3 Å².